The molecule has 100 valence electrons. The number of imidazole rings is 1. The summed E-state index contributed by atoms with van der Waals surface area (Å²) in [4.78, 5) is 8.97. The highest BCUT2D eigenvalue weighted by Gasteiger charge is 2.30. The molecule has 5 heteroatoms. The van der Waals surface area contributed by atoms with Crippen LogP contribution in [0.25, 0.3) is 22.6 Å². The summed E-state index contributed by atoms with van der Waals surface area (Å²) in [6.45, 7) is 0. The molecule has 3 aromatic rings. The molecule has 5 nitrogen and oxygen atoms in total. The molecule has 0 saturated heterocycles. The van der Waals surface area contributed by atoms with Gasteiger partial charge in [0.1, 0.15) is 11.3 Å². The van der Waals surface area contributed by atoms with Crippen molar-refractivity contribution in [1.82, 2.24) is 14.5 Å². The first-order valence-electron chi connectivity index (χ1n) is 6.60. The minimum absolute atomic E-state index is 0.134. The van der Waals surface area contributed by atoms with E-state index in [4.69, 9.17) is 0 Å². The lowest BCUT2D eigenvalue weighted by Crippen LogP contribution is -1.98. The average Bonchev–Trinajstić information content (AvgIpc) is 3.22. The Labute approximate surface area is 115 Å². The summed E-state index contributed by atoms with van der Waals surface area (Å²) in [6.07, 6.45) is 3.93. The molecule has 0 radical (unpaired) electrons. The summed E-state index contributed by atoms with van der Waals surface area (Å²) < 4.78 is 2.06. The number of nitrogens with zero attached hydrogens (tertiary/aromatic N) is 3. The van der Waals surface area contributed by atoms with E-state index in [0.717, 1.165) is 24.0 Å². The average molecular weight is 267 g/mol. The fraction of sp³-hybridized carbons (Fsp3) is 0.200. The summed E-state index contributed by atoms with van der Waals surface area (Å²) in [5.74, 6) is 0.393. The molecule has 0 spiro atoms. The highest BCUT2D eigenvalue weighted by molar-refractivity contribution is 5.80. The van der Waals surface area contributed by atoms with Crippen LogP contribution in [0.15, 0.2) is 36.5 Å². The zero-order valence-electron chi connectivity index (χ0n) is 10.7. The third-order valence-corrected chi connectivity index (χ3v) is 3.62. The summed E-state index contributed by atoms with van der Waals surface area (Å²) in [5, 5.41) is 19.8. The van der Waals surface area contributed by atoms with Gasteiger partial charge in [-0.05, 0) is 37.1 Å². The fourth-order valence-electron chi connectivity index (χ4n) is 2.51. The van der Waals surface area contributed by atoms with Gasteiger partial charge in [0.05, 0.1) is 5.56 Å². The number of phenols is 2. The predicted octanol–water partition coefficient (Wildman–Crippen LogP) is 2.84. The van der Waals surface area contributed by atoms with Crippen LogP contribution in [0.2, 0.25) is 0 Å². The van der Waals surface area contributed by atoms with Crippen LogP contribution in [0.1, 0.15) is 18.9 Å². The normalized spacial score (nSPS) is 14.8. The van der Waals surface area contributed by atoms with Crippen molar-refractivity contribution in [3.8, 4) is 22.9 Å². The summed E-state index contributed by atoms with van der Waals surface area (Å²) in [5.41, 5.74) is 2.17. The van der Waals surface area contributed by atoms with Crippen molar-refractivity contribution in [3.05, 3.63) is 36.5 Å². The molecule has 1 aromatic carbocycles. The number of para-hydroxylation sites is 1. The highest BCUT2D eigenvalue weighted by atomic mass is 16.3. The zero-order valence-corrected chi connectivity index (χ0v) is 10.7. The van der Waals surface area contributed by atoms with Crippen LogP contribution in [0.5, 0.6) is 11.5 Å². The molecule has 1 fully saturated rings. The van der Waals surface area contributed by atoms with Crippen molar-refractivity contribution in [2.24, 2.45) is 0 Å². The lowest BCUT2D eigenvalue weighted by molar-refractivity contribution is 0.404. The van der Waals surface area contributed by atoms with Gasteiger partial charge < -0.3 is 14.8 Å². The van der Waals surface area contributed by atoms with E-state index < -0.39 is 0 Å². The van der Waals surface area contributed by atoms with Gasteiger partial charge in [-0.25, -0.2) is 9.97 Å². The van der Waals surface area contributed by atoms with E-state index in [1.165, 1.54) is 6.07 Å². The minimum atomic E-state index is -0.135. The topological polar surface area (TPSA) is 71.2 Å². The first-order valence-corrected chi connectivity index (χ1v) is 6.60. The lowest BCUT2D eigenvalue weighted by atomic mass is 10.1. The van der Waals surface area contributed by atoms with Crippen molar-refractivity contribution >= 4 is 11.2 Å². The van der Waals surface area contributed by atoms with Gasteiger partial charge in [0.2, 0.25) is 0 Å². The van der Waals surface area contributed by atoms with Gasteiger partial charge in [-0.1, -0.05) is 6.07 Å². The largest absolute Gasteiger partial charge is 0.504 e. The Morgan fingerprint density at radius 1 is 1.10 bits per heavy atom. The van der Waals surface area contributed by atoms with Gasteiger partial charge in [0, 0.05) is 12.2 Å². The van der Waals surface area contributed by atoms with Gasteiger partial charge >= 0.3 is 0 Å². The van der Waals surface area contributed by atoms with Gasteiger partial charge in [-0.3, -0.25) is 0 Å². The third kappa shape index (κ3) is 1.56. The number of rotatable bonds is 2. The molecular weight excluding hydrogens is 254 g/mol. The Morgan fingerprint density at radius 3 is 2.75 bits per heavy atom. The smallest absolute Gasteiger partial charge is 0.168 e. The van der Waals surface area contributed by atoms with Crippen LogP contribution >= 0.6 is 0 Å². The molecule has 0 unspecified atom stereocenters. The van der Waals surface area contributed by atoms with Crippen molar-refractivity contribution in [2.75, 3.05) is 0 Å². The van der Waals surface area contributed by atoms with Gasteiger partial charge in [-0.2, -0.15) is 0 Å². The van der Waals surface area contributed by atoms with Crippen molar-refractivity contribution in [1.29, 1.82) is 0 Å². The Bertz CT molecular complexity index is 806. The van der Waals surface area contributed by atoms with Crippen molar-refractivity contribution in [2.45, 2.75) is 18.9 Å². The van der Waals surface area contributed by atoms with E-state index in [1.54, 1.807) is 18.3 Å². The Hall–Kier alpha value is -2.56. The molecule has 2 aromatic heterocycles. The second kappa shape index (κ2) is 3.96. The number of benzene rings is 1. The molecule has 1 aliphatic carbocycles. The molecule has 1 aliphatic rings. The van der Waals surface area contributed by atoms with E-state index in [1.807, 2.05) is 12.1 Å². The molecular formula is C15H13N3O2. The molecule has 2 heterocycles. The van der Waals surface area contributed by atoms with Gasteiger partial charge in [0.25, 0.3) is 0 Å². The second-order valence-corrected chi connectivity index (χ2v) is 5.06. The first kappa shape index (κ1) is 11.3. The number of aromatic hydroxyl groups is 2. The van der Waals surface area contributed by atoms with Crippen LogP contribution in [0.3, 0.4) is 0 Å². The molecule has 0 atom stereocenters. The number of phenolic OH excluding ortho intramolecular Hbond substituents is 2. The van der Waals surface area contributed by atoms with E-state index in [0.29, 0.717) is 17.4 Å². The summed E-state index contributed by atoms with van der Waals surface area (Å²) in [7, 11) is 0. The van der Waals surface area contributed by atoms with E-state index in [2.05, 4.69) is 14.5 Å². The lowest BCUT2D eigenvalue weighted by Gasteiger charge is -2.09. The quantitative estimate of drug-likeness (QED) is 0.700. The molecule has 4 rings (SSSR count). The Kier molecular flexibility index (Phi) is 2.24. The van der Waals surface area contributed by atoms with E-state index >= 15 is 0 Å². The highest BCUT2D eigenvalue weighted by Crippen LogP contribution is 2.43. The third-order valence-electron chi connectivity index (χ3n) is 3.62. The van der Waals surface area contributed by atoms with Gasteiger partial charge in [-0.15, -0.1) is 0 Å². The molecule has 0 bridgehead atoms. The molecule has 0 amide bonds. The standard InChI is InChI=1S/C15H13N3O2/c19-12-5-1-3-10(13(12)20)14-17-11-4-2-8-16-15(11)18(14)9-6-7-9/h1-5,8-9,19-20H,6-7H2. The summed E-state index contributed by atoms with van der Waals surface area (Å²) in [6, 6.07) is 9.06. The predicted molar refractivity (Wildman–Crippen MR) is 74.6 cm³/mol. The Balaban J connectivity index is 2.04. The monoisotopic (exact) mass is 267 g/mol. The Morgan fingerprint density at radius 2 is 1.95 bits per heavy atom. The molecule has 0 aliphatic heterocycles. The van der Waals surface area contributed by atoms with Crippen LogP contribution in [-0.2, 0) is 0 Å². The number of hydrogen-bond acceptors (Lipinski definition) is 4. The fourth-order valence-corrected chi connectivity index (χ4v) is 2.51. The minimum Gasteiger partial charge on any atom is -0.504 e. The number of pyridine rings is 1. The van der Waals surface area contributed by atoms with Crippen molar-refractivity contribution in [3.63, 3.8) is 0 Å². The van der Waals surface area contributed by atoms with Crippen LogP contribution in [0.4, 0.5) is 0 Å². The maximum absolute atomic E-state index is 10.1. The van der Waals surface area contributed by atoms with Crippen LogP contribution in [-0.4, -0.2) is 24.7 Å². The molecule has 1 saturated carbocycles. The van der Waals surface area contributed by atoms with Crippen LogP contribution in [0, 0.1) is 0 Å². The molecule has 2 N–H and O–H groups in total. The van der Waals surface area contributed by atoms with Gasteiger partial charge in [0.15, 0.2) is 17.1 Å². The maximum Gasteiger partial charge on any atom is 0.168 e. The number of aromatic nitrogens is 3. The van der Waals surface area contributed by atoms with Crippen LogP contribution < -0.4 is 0 Å². The summed E-state index contributed by atoms with van der Waals surface area (Å²) >= 11 is 0. The van der Waals surface area contributed by atoms with Crippen molar-refractivity contribution < 1.29 is 10.2 Å². The second-order valence-electron chi connectivity index (χ2n) is 5.06. The zero-order chi connectivity index (χ0) is 13.7. The molecule has 20 heavy (non-hydrogen) atoms. The maximum atomic E-state index is 10.1. The first-order chi connectivity index (χ1) is 9.75. The number of hydrogen-bond donors (Lipinski definition) is 2. The van der Waals surface area contributed by atoms with E-state index in [-0.39, 0.29) is 11.5 Å². The number of fused-ring (bicyclic) bond motifs is 1. The SMILES string of the molecule is Oc1cccc(-c2nc3cccnc3n2C2CC2)c1O. The van der Waals surface area contributed by atoms with E-state index in [9.17, 15) is 10.2 Å².